The third kappa shape index (κ3) is 5.08. The first kappa shape index (κ1) is 22.6. The fraction of sp³-hybridized carbons (Fsp3) is 0.478. The molecule has 3 N–H and O–H groups in total. The molecule has 1 aliphatic carbocycles. The van der Waals surface area contributed by atoms with Gasteiger partial charge in [0, 0.05) is 36.8 Å². The van der Waals surface area contributed by atoms with Gasteiger partial charge in [-0.05, 0) is 49.4 Å². The Kier molecular flexibility index (Phi) is 6.22. The lowest BCUT2D eigenvalue weighted by atomic mass is 9.94. The number of nitrogens with zero attached hydrogens (tertiary/aromatic N) is 4. The van der Waals surface area contributed by atoms with Crippen LogP contribution in [0.15, 0.2) is 30.5 Å². The minimum absolute atomic E-state index is 0.174. The van der Waals surface area contributed by atoms with Gasteiger partial charge < -0.3 is 20.7 Å². The number of piperidine rings is 1. The maximum Gasteiger partial charge on any atom is 0.409 e. The van der Waals surface area contributed by atoms with E-state index in [1.165, 1.54) is 12.1 Å². The number of carbonyl (C=O) groups excluding carboxylic acids is 2. The molecule has 9 nitrogen and oxygen atoms in total. The number of halogens is 1. The zero-order valence-corrected chi connectivity index (χ0v) is 18.5. The van der Waals surface area contributed by atoms with Crippen molar-refractivity contribution < 1.29 is 18.7 Å². The largest absolute Gasteiger partial charge is 0.449 e. The minimum atomic E-state index is -0.641. The average Bonchev–Trinajstić information content (AvgIpc) is 3.43. The molecule has 2 amide bonds. The van der Waals surface area contributed by atoms with Crippen molar-refractivity contribution >= 4 is 23.5 Å². The van der Waals surface area contributed by atoms with Crippen molar-refractivity contribution in [3.63, 3.8) is 0 Å². The van der Waals surface area contributed by atoms with E-state index in [1.807, 2.05) is 0 Å². The van der Waals surface area contributed by atoms with Crippen LogP contribution in [0.25, 0.3) is 0 Å². The molecule has 10 heteroatoms. The van der Waals surface area contributed by atoms with Gasteiger partial charge in [-0.25, -0.2) is 9.18 Å². The fourth-order valence-corrected chi connectivity index (χ4v) is 4.09. The van der Waals surface area contributed by atoms with Gasteiger partial charge in [0.05, 0.1) is 18.7 Å². The zero-order chi connectivity index (χ0) is 23.6. The summed E-state index contributed by atoms with van der Waals surface area (Å²) in [7, 11) is 0. The molecule has 2 atom stereocenters. The van der Waals surface area contributed by atoms with E-state index in [4.69, 9.17) is 15.7 Å². The molecule has 1 saturated carbocycles. The van der Waals surface area contributed by atoms with Crippen molar-refractivity contribution in [2.45, 2.75) is 38.6 Å². The van der Waals surface area contributed by atoms with Gasteiger partial charge >= 0.3 is 6.09 Å². The summed E-state index contributed by atoms with van der Waals surface area (Å²) in [6.45, 7) is 3.26. The minimum Gasteiger partial charge on any atom is -0.449 e. The van der Waals surface area contributed by atoms with E-state index in [2.05, 4.69) is 23.4 Å². The van der Waals surface area contributed by atoms with Crippen molar-refractivity contribution in [1.29, 1.82) is 5.26 Å². The number of anilines is 2. The standard InChI is InChI=1S/C23H27FN6O3/c1-15-6-11-29(22(32)33-14-23(7-8-23)9-10-25)13-19(15)30-12-18(20(26)31)21(28-30)27-17-4-2-16(24)3-5-17/h2-5,12,15,19H,6-9,11,13-14H2,1H3,(H2,26,31)(H,27,28)/t15-,19?/m1/s1. The summed E-state index contributed by atoms with van der Waals surface area (Å²) in [5.74, 6) is -0.544. The highest BCUT2D eigenvalue weighted by Crippen LogP contribution is 2.48. The van der Waals surface area contributed by atoms with Crippen molar-refractivity contribution in [2.24, 2.45) is 17.1 Å². The summed E-state index contributed by atoms with van der Waals surface area (Å²) in [6.07, 6.45) is 4.13. The Labute approximate surface area is 191 Å². The van der Waals surface area contributed by atoms with E-state index in [9.17, 15) is 14.0 Å². The number of benzene rings is 1. The number of ether oxygens (including phenoxy) is 1. The smallest absolute Gasteiger partial charge is 0.409 e. The molecule has 0 radical (unpaired) electrons. The Morgan fingerprint density at radius 1 is 1.36 bits per heavy atom. The summed E-state index contributed by atoms with van der Waals surface area (Å²) >= 11 is 0. The number of aromatic nitrogens is 2. The first-order chi connectivity index (χ1) is 15.8. The molecule has 0 bridgehead atoms. The molecule has 33 heavy (non-hydrogen) atoms. The van der Waals surface area contributed by atoms with Crippen LogP contribution < -0.4 is 11.1 Å². The highest BCUT2D eigenvalue weighted by atomic mass is 19.1. The molecule has 2 fully saturated rings. The van der Waals surface area contributed by atoms with Gasteiger partial charge in [0.15, 0.2) is 5.82 Å². The molecule has 1 unspecified atom stereocenters. The fourth-order valence-electron chi connectivity index (χ4n) is 4.09. The van der Waals surface area contributed by atoms with Crippen LogP contribution in [-0.2, 0) is 4.74 Å². The van der Waals surface area contributed by atoms with Crippen LogP contribution in [0.3, 0.4) is 0 Å². The maximum absolute atomic E-state index is 13.2. The van der Waals surface area contributed by atoms with Gasteiger partial charge in [-0.15, -0.1) is 0 Å². The molecule has 1 aliphatic heterocycles. The third-order valence-corrected chi connectivity index (χ3v) is 6.53. The lowest BCUT2D eigenvalue weighted by molar-refractivity contribution is 0.0585. The Morgan fingerprint density at radius 3 is 2.73 bits per heavy atom. The van der Waals surface area contributed by atoms with Crippen molar-refractivity contribution in [3.8, 4) is 6.07 Å². The molecule has 2 aliphatic rings. The van der Waals surface area contributed by atoms with Crippen LogP contribution in [0.2, 0.25) is 0 Å². The van der Waals surface area contributed by atoms with Crippen LogP contribution in [0.1, 0.15) is 49.0 Å². The average molecular weight is 455 g/mol. The Bertz CT molecular complexity index is 1070. The number of nitrogens with one attached hydrogen (secondary N) is 1. The van der Waals surface area contributed by atoms with Crippen LogP contribution in [-0.4, -0.2) is 46.4 Å². The van der Waals surface area contributed by atoms with Gasteiger partial charge in [0.1, 0.15) is 11.4 Å². The quantitative estimate of drug-likeness (QED) is 0.659. The van der Waals surface area contributed by atoms with Gasteiger partial charge in [-0.2, -0.15) is 10.4 Å². The second-order valence-corrected chi connectivity index (χ2v) is 9.04. The highest BCUT2D eigenvalue weighted by molar-refractivity contribution is 5.98. The second-order valence-electron chi connectivity index (χ2n) is 9.04. The zero-order valence-electron chi connectivity index (χ0n) is 18.5. The number of hydrogen-bond acceptors (Lipinski definition) is 6. The molecule has 1 aromatic heterocycles. The van der Waals surface area contributed by atoms with Crippen LogP contribution >= 0.6 is 0 Å². The van der Waals surface area contributed by atoms with Crippen LogP contribution in [0.5, 0.6) is 0 Å². The summed E-state index contributed by atoms with van der Waals surface area (Å²) in [4.78, 5) is 26.3. The number of hydrogen-bond donors (Lipinski definition) is 2. The Morgan fingerprint density at radius 2 is 2.09 bits per heavy atom. The Balaban J connectivity index is 1.47. The lowest BCUT2D eigenvalue weighted by Gasteiger charge is -2.36. The number of amides is 2. The van der Waals surface area contributed by atoms with E-state index < -0.39 is 12.0 Å². The van der Waals surface area contributed by atoms with Crippen molar-refractivity contribution in [3.05, 3.63) is 41.8 Å². The second kappa shape index (κ2) is 9.10. The van der Waals surface area contributed by atoms with E-state index in [1.54, 1.807) is 27.9 Å². The van der Waals surface area contributed by atoms with Crippen LogP contribution in [0.4, 0.5) is 20.7 Å². The molecule has 0 spiro atoms. The number of carbonyl (C=O) groups is 2. The van der Waals surface area contributed by atoms with Crippen LogP contribution in [0, 0.1) is 28.5 Å². The molecule has 174 valence electrons. The third-order valence-electron chi connectivity index (χ3n) is 6.53. The maximum atomic E-state index is 13.2. The van der Waals surface area contributed by atoms with Crippen molar-refractivity contribution in [1.82, 2.24) is 14.7 Å². The normalized spacial score (nSPS) is 21.2. The van der Waals surface area contributed by atoms with E-state index in [-0.39, 0.29) is 41.2 Å². The molecule has 1 saturated heterocycles. The SMILES string of the molecule is C[C@@H]1CCN(C(=O)OCC2(CC#N)CC2)CC1n1cc(C(N)=O)c(Nc2ccc(F)cc2)n1. The topological polar surface area (TPSA) is 126 Å². The summed E-state index contributed by atoms with van der Waals surface area (Å²) in [6, 6.07) is 7.68. The summed E-state index contributed by atoms with van der Waals surface area (Å²) < 4.78 is 20.4. The summed E-state index contributed by atoms with van der Waals surface area (Å²) in [5.41, 5.74) is 6.16. The first-order valence-electron chi connectivity index (χ1n) is 11.0. The molecule has 2 aromatic rings. The molecule has 4 rings (SSSR count). The van der Waals surface area contributed by atoms with Crippen molar-refractivity contribution in [2.75, 3.05) is 25.0 Å². The highest BCUT2D eigenvalue weighted by Gasteiger charge is 2.44. The van der Waals surface area contributed by atoms with Gasteiger partial charge in [-0.1, -0.05) is 6.92 Å². The van der Waals surface area contributed by atoms with Gasteiger partial charge in [0.25, 0.3) is 5.91 Å². The monoisotopic (exact) mass is 454 g/mol. The number of primary amides is 1. The van der Waals surface area contributed by atoms with E-state index in [0.29, 0.717) is 25.2 Å². The predicted molar refractivity (Wildman–Crippen MR) is 118 cm³/mol. The molecule has 1 aromatic carbocycles. The predicted octanol–water partition coefficient (Wildman–Crippen LogP) is 3.58. The lowest BCUT2D eigenvalue weighted by Crippen LogP contribution is -2.44. The molecular weight excluding hydrogens is 427 g/mol. The van der Waals surface area contributed by atoms with Gasteiger partial charge in [0.2, 0.25) is 0 Å². The van der Waals surface area contributed by atoms with E-state index >= 15 is 0 Å². The summed E-state index contributed by atoms with van der Waals surface area (Å²) in [5, 5.41) is 16.5. The number of nitrogens with two attached hydrogens (primary N) is 1. The number of rotatable bonds is 7. The first-order valence-corrected chi connectivity index (χ1v) is 11.0. The van der Waals surface area contributed by atoms with Gasteiger partial charge in [-0.3, -0.25) is 9.48 Å². The number of likely N-dealkylation sites (tertiary alicyclic amines) is 1. The molecule has 2 heterocycles. The molecular formula is C23H27FN6O3. The van der Waals surface area contributed by atoms with E-state index in [0.717, 1.165) is 19.3 Å². The number of nitriles is 1. The Hall–Kier alpha value is -3.61.